The van der Waals surface area contributed by atoms with E-state index in [4.69, 9.17) is 4.74 Å². The largest absolute Gasteiger partial charge is 0.394 e. The van der Waals surface area contributed by atoms with Gasteiger partial charge in [-0.2, -0.15) is 0 Å². The molecule has 0 saturated carbocycles. The first kappa shape index (κ1) is 15.4. The summed E-state index contributed by atoms with van der Waals surface area (Å²) >= 11 is 3.06. The number of carbonyl (C=O) groups excluding carboxylic acids is 1. The molecule has 1 aliphatic rings. The molecule has 20 heavy (non-hydrogen) atoms. The zero-order valence-electron chi connectivity index (χ0n) is 11.4. The smallest absolute Gasteiger partial charge is 0.254 e. The summed E-state index contributed by atoms with van der Waals surface area (Å²) in [5.41, 5.74) is -0.241. The molecule has 0 bridgehead atoms. The molecule has 2 rings (SSSR count). The number of benzene rings is 1. The highest BCUT2D eigenvalue weighted by Gasteiger charge is 2.35. The van der Waals surface area contributed by atoms with Crippen molar-refractivity contribution in [2.24, 2.45) is 0 Å². The Morgan fingerprint density at radius 3 is 2.90 bits per heavy atom. The minimum atomic E-state index is -0.533. The third-order valence-electron chi connectivity index (χ3n) is 3.14. The second kappa shape index (κ2) is 5.79. The van der Waals surface area contributed by atoms with E-state index in [9.17, 15) is 14.3 Å². The van der Waals surface area contributed by atoms with Gasteiger partial charge >= 0.3 is 0 Å². The fourth-order valence-corrected chi connectivity index (χ4v) is 2.60. The first-order chi connectivity index (χ1) is 9.32. The molecule has 4 nitrogen and oxygen atoms in total. The second-order valence-corrected chi connectivity index (χ2v) is 6.35. The number of carbonyl (C=O) groups is 1. The van der Waals surface area contributed by atoms with Crippen LogP contribution in [0.25, 0.3) is 0 Å². The molecule has 0 radical (unpaired) electrons. The van der Waals surface area contributed by atoms with Crippen LogP contribution < -0.4 is 0 Å². The number of nitrogens with zero attached hydrogens (tertiary/aromatic N) is 1. The summed E-state index contributed by atoms with van der Waals surface area (Å²) in [4.78, 5) is 14.0. The van der Waals surface area contributed by atoms with E-state index in [1.54, 1.807) is 11.0 Å². The fourth-order valence-electron chi connectivity index (χ4n) is 2.36. The minimum Gasteiger partial charge on any atom is -0.394 e. The van der Waals surface area contributed by atoms with E-state index < -0.39 is 17.5 Å². The molecule has 1 heterocycles. The van der Waals surface area contributed by atoms with Gasteiger partial charge in [0.05, 0.1) is 22.8 Å². The summed E-state index contributed by atoms with van der Waals surface area (Å²) in [7, 11) is 0. The van der Waals surface area contributed by atoms with Crippen LogP contribution in [-0.4, -0.2) is 47.3 Å². The lowest BCUT2D eigenvalue weighted by Crippen LogP contribution is -2.55. The van der Waals surface area contributed by atoms with E-state index in [-0.39, 0.29) is 12.5 Å². The van der Waals surface area contributed by atoms with Crippen LogP contribution in [0.1, 0.15) is 24.2 Å². The van der Waals surface area contributed by atoms with Crippen LogP contribution >= 0.6 is 15.9 Å². The van der Waals surface area contributed by atoms with Crippen molar-refractivity contribution in [1.82, 2.24) is 4.90 Å². The van der Waals surface area contributed by atoms with Crippen LogP contribution in [0.2, 0.25) is 0 Å². The summed E-state index contributed by atoms with van der Waals surface area (Å²) in [6.45, 7) is 4.27. The summed E-state index contributed by atoms with van der Waals surface area (Å²) in [6, 6.07) is 4.30. The zero-order chi connectivity index (χ0) is 14.9. The molecule has 110 valence electrons. The molecule has 1 saturated heterocycles. The number of halogens is 2. The number of hydrogen-bond acceptors (Lipinski definition) is 3. The third kappa shape index (κ3) is 3.37. The van der Waals surface area contributed by atoms with Gasteiger partial charge in [0.25, 0.3) is 5.91 Å². The number of ether oxygens (including phenoxy) is 1. The first-order valence-electron chi connectivity index (χ1n) is 6.35. The Morgan fingerprint density at radius 2 is 2.30 bits per heavy atom. The zero-order valence-corrected chi connectivity index (χ0v) is 13.0. The molecule has 0 spiro atoms. The number of hydrogen-bond donors (Lipinski definition) is 1. The Bertz CT molecular complexity index is 521. The van der Waals surface area contributed by atoms with E-state index in [1.807, 2.05) is 13.8 Å². The van der Waals surface area contributed by atoms with Crippen molar-refractivity contribution in [2.75, 3.05) is 19.7 Å². The van der Waals surface area contributed by atoms with Gasteiger partial charge in [-0.1, -0.05) is 0 Å². The van der Waals surface area contributed by atoms with Crippen molar-refractivity contribution in [3.63, 3.8) is 0 Å². The van der Waals surface area contributed by atoms with Crippen molar-refractivity contribution in [2.45, 2.75) is 25.6 Å². The maximum atomic E-state index is 13.5. The van der Waals surface area contributed by atoms with E-state index in [1.165, 1.54) is 12.1 Å². The molecular weight excluding hydrogens is 329 g/mol. The topological polar surface area (TPSA) is 49.8 Å². The van der Waals surface area contributed by atoms with Gasteiger partial charge in [-0.3, -0.25) is 4.79 Å². The average Bonchev–Trinajstić information content (AvgIpc) is 2.39. The second-order valence-electron chi connectivity index (χ2n) is 5.50. The first-order valence-corrected chi connectivity index (χ1v) is 7.15. The fraction of sp³-hybridized carbons (Fsp3) is 0.500. The van der Waals surface area contributed by atoms with Gasteiger partial charge in [0.2, 0.25) is 0 Å². The third-order valence-corrected chi connectivity index (χ3v) is 3.78. The number of aliphatic hydroxyl groups is 1. The van der Waals surface area contributed by atoms with Crippen LogP contribution in [0, 0.1) is 5.82 Å². The molecule has 1 unspecified atom stereocenters. The van der Waals surface area contributed by atoms with Gasteiger partial charge in [0, 0.05) is 18.7 Å². The quantitative estimate of drug-likeness (QED) is 0.893. The monoisotopic (exact) mass is 345 g/mol. The van der Waals surface area contributed by atoms with Gasteiger partial charge in [-0.25, -0.2) is 4.39 Å². The molecule has 1 aromatic carbocycles. The van der Waals surface area contributed by atoms with Crippen molar-refractivity contribution in [3.05, 3.63) is 34.1 Å². The van der Waals surface area contributed by atoms with Gasteiger partial charge in [0.1, 0.15) is 5.82 Å². The van der Waals surface area contributed by atoms with Crippen molar-refractivity contribution < 1.29 is 19.0 Å². The number of morpholine rings is 1. The van der Waals surface area contributed by atoms with Crippen LogP contribution in [-0.2, 0) is 4.74 Å². The van der Waals surface area contributed by atoms with Gasteiger partial charge in [-0.15, -0.1) is 0 Å². The Hall–Kier alpha value is -0.980. The Labute approximate surface area is 125 Å². The molecule has 1 aromatic rings. The van der Waals surface area contributed by atoms with Crippen molar-refractivity contribution in [1.29, 1.82) is 0 Å². The molecule has 1 amide bonds. The van der Waals surface area contributed by atoms with E-state index in [2.05, 4.69) is 15.9 Å². The molecule has 1 fully saturated rings. The molecule has 1 N–H and O–H groups in total. The highest BCUT2D eigenvalue weighted by Crippen LogP contribution is 2.23. The van der Waals surface area contributed by atoms with Gasteiger partial charge in [-0.05, 0) is 48.0 Å². The highest BCUT2D eigenvalue weighted by atomic mass is 79.9. The predicted octanol–water partition coefficient (Wildman–Crippen LogP) is 2.20. The van der Waals surface area contributed by atoms with Crippen LogP contribution in [0.15, 0.2) is 22.7 Å². The Morgan fingerprint density at radius 1 is 1.60 bits per heavy atom. The maximum Gasteiger partial charge on any atom is 0.254 e. The molecule has 1 aliphatic heterocycles. The number of rotatable bonds is 2. The maximum absolute atomic E-state index is 13.5. The average molecular weight is 346 g/mol. The lowest BCUT2D eigenvalue weighted by molar-refractivity contribution is -0.139. The summed E-state index contributed by atoms with van der Waals surface area (Å²) in [5.74, 6) is -0.728. The summed E-state index contributed by atoms with van der Waals surface area (Å²) < 4.78 is 19.5. The molecule has 1 atom stereocenters. The molecule has 0 aromatic heterocycles. The minimum absolute atomic E-state index is 0.151. The summed E-state index contributed by atoms with van der Waals surface area (Å²) in [6.07, 6.45) is -0.414. The normalized spacial score (nSPS) is 21.9. The van der Waals surface area contributed by atoms with E-state index in [0.717, 1.165) is 0 Å². The lowest BCUT2D eigenvalue weighted by Gasteiger charge is -2.42. The SMILES string of the molecule is CC1(C)CN(C(=O)c2ccc(Br)c(F)c2)CC(CO)O1. The standard InChI is InChI=1S/C14H17BrFNO3/c1-14(2)8-17(6-10(7-18)20-14)13(19)9-3-4-11(15)12(16)5-9/h3-5,10,18H,6-8H2,1-2H3. The summed E-state index contributed by atoms with van der Waals surface area (Å²) in [5, 5.41) is 9.24. The predicted molar refractivity (Wildman–Crippen MR) is 76.0 cm³/mol. The van der Waals surface area contributed by atoms with Gasteiger partial charge < -0.3 is 14.7 Å². The van der Waals surface area contributed by atoms with Crippen LogP contribution in [0.5, 0.6) is 0 Å². The van der Waals surface area contributed by atoms with Gasteiger partial charge in [0.15, 0.2) is 0 Å². The Balaban J connectivity index is 2.21. The van der Waals surface area contributed by atoms with E-state index >= 15 is 0 Å². The molecular formula is C14H17BrFNO3. The number of aliphatic hydroxyl groups excluding tert-OH is 1. The lowest BCUT2D eigenvalue weighted by atomic mass is 10.0. The van der Waals surface area contributed by atoms with Crippen molar-refractivity contribution in [3.8, 4) is 0 Å². The van der Waals surface area contributed by atoms with Crippen LogP contribution in [0.4, 0.5) is 4.39 Å². The van der Waals surface area contributed by atoms with Crippen LogP contribution in [0.3, 0.4) is 0 Å². The van der Waals surface area contributed by atoms with Crippen molar-refractivity contribution >= 4 is 21.8 Å². The molecule has 0 aliphatic carbocycles. The highest BCUT2D eigenvalue weighted by molar-refractivity contribution is 9.10. The Kier molecular flexibility index (Phi) is 4.46. The molecule has 6 heteroatoms. The van der Waals surface area contributed by atoms with E-state index in [0.29, 0.717) is 23.1 Å². The number of amides is 1.